The minimum Gasteiger partial charge on any atom is -0.466 e. The lowest BCUT2D eigenvalue weighted by Gasteiger charge is -2.54. The molecule has 4 saturated carbocycles. The number of benzene rings is 1. The van der Waals surface area contributed by atoms with E-state index in [1.165, 1.54) is 50.9 Å². The molecule has 0 radical (unpaired) electrons. The Kier molecular flexibility index (Phi) is 5.47. The van der Waals surface area contributed by atoms with Crippen molar-refractivity contribution in [1.82, 2.24) is 0 Å². The molecule has 27 heavy (non-hydrogen) atoms. The van der Waals surface area contributed by atoms with Crippen LogP contribution in [0.3, 0.4) is 0 Å². The summed E-state index contributed by atoms with van der Waals surface area (Å²) in [4.78, 5) is 23.8. The molecule has 3 nitrogen and oxygen atoms in total. The molecule has 1 aromatic carbocycles. The molecule has 0 atom stereocenters. The summed E-state index contributed by atoms with van der Waals surface area (Å²) < 4.78 is 4.60. The Morgan fingerprint density at radius 2 is 1.63 bits per heavy atom. The second kappa shape index (κ2) is 8.00. The van der Waals surface area contributed by atoms with E-state index < -0.39 is 0 Å². The Morgan fingerprint density at radius 3 is 2.22 bits per heavy atom. The molecule has 1 aromatic rings. The summed E-state index contributed by atoms with van der Waals surface area (Å²) in [5.74, 6) is 4.40. The molecule has 0 unspecified atom stereocenters. The van der Waals surface area contributed by atoms with Gasteiger partial charge in [-0.15, -0.1) is 0 Å². The van der Waals surface area contributed by atoms with Crippen LogP contribution in [-0.2, 0) is 20.7 Å². The van der Waals surface area contributed by atoms with Gasteiger partial charge in [0.2, 0.25) is 0 Å². The highest BCUT2D eigenvalue weighted by Gasteiger charge is 2.48. The maximum absolute atomic E-state index is 12.6. The van der Waals surface area contributed by atoms with Crippen LogP contribution >= 0.6 is 0 Å². The lowest BCUT2D eigenvalue weighted by atomic mass is 9.51. The first-order chi connectivity index (χ1) is 13.1. The van der Waals surface area contributed by atoms with E-state index in [2.05, 4.69) is 4.74 Å². The van der Waals surface area contributed by atoms with Gasteiger partial charge in [-0.05, 0) is 85.3 Å². The lowest BCUT2D eigenvalue weighted by Crippen LogP contribution is -2.45. The number of Topliss-reactive ketones (excluding diaryl/α,β-unsaturated/α-hetero) is 1. The van der Waals surface area contributed by atoms with Crippen molar-refractivity contribution >= 4 is 17.8 Å². The molecule has 144 valence electrons. The molecule has 5 rings (SSSR count). The highest BCUT2D eigenvalue weighted by molar-refractivity contribution is 5.86. The normalized spacial score (nSPS) is 31.4. The maximum atomic E-state index is 12.6. The number of methoxy groups -OCH3 is 1. The van der Waals surface area contributed by atoms with Crippen LogP contribution in [0.15, 0.2) is 30.3 Å². The van der Waals surface area contributed by atoms with Gasteiger partial charge in [-0.2, -0.15) is 0 Å². The number of ether oxygens (including phenoxy) is 1. The predicted octanol–water partition coefficient (Wildman–Crippen LogP) is 4.84. The van der Waals surface area contributed by atoms with Crippen molar-refractivity contribution in [2.24, 2.45) is 29.6 Å². The molecule has 0 heterocycles. The summed E-state index contributed by atoms with van der Waals surface area (Å²) in [5, 5.41) is 0. The first-order valence-corrected chi connectivity index (χ1v) is 10.5. The van der Waals surface area contributed by atoms with Crippen molar-refractivity contribution in [3.05, 3.63) is 41.5 Å². The van der Waals surface area contributed by atoms with E-state index in [1.807, 2.05) is 24.3 Å². The first-order valence-electron chi connectivity index (χ1n) is 10.5. The average molecular weight is 367 g/mol. The Morgan fingerprint density at radius 1 is 1.00 bits per heavy atom. The van der Waals surface area contributed by atoms with E-state index in [9.17, 15) is 9.59 Å². The largest absolute Gasteiger partial charge is 0.466 e. The molecule has 4 bridgehead atoms. The Bertz CT molecular complexity index is 688. The fourth-order valence-electron chi connectivity index (χ4n) is 6.05. The monoisotopic (exact) mass is 366 g/mol. The number of aryl methyl sites for hydroxylation is 1. The molecule has 4 fully saturated rings. The van der Waals surface area contributed by atoms with Gasteiger partial charge in [-0.25, -0.2) is 4.79 Å². The van der Waals surface area contributed by atoms with Crippen LogP contribution in [-0.4, -0.2) is 18.9 Å². The van der Waals surface area contributed by atoms with Gasteiger partial charge in [0.1, 0.15) is 5.78 Å². The number of carbonyl (C=O) groups is 2. The quantitative estimate of drug-likeness (QED) is 0.512. The van der Waals surface area contributed by atoms with Crippen LogP contribution in [0.25, 0.3) is 6.08 Å². The third-order valence-corrected chi connectivity index (χ3v) is 7.17. The fourth-order valence-corrected chi connectivity index (χ4v) is 6.05. The van der Waals surface area contributed by atoms with Crippen molar-refractivity contribution in [2.75, 3.05) is 7.11 Å². The maximum Gasteiger partial charge on any atom is 0.330 e. The highest BCUT2D eigenvalue weighted by Crippen LogP contribution is 2.57. The van der Waals surface area contributed by atoms with Crippen LogP contribution in [0.2, 0.25) is 0 Å². The third-order valence-electron chi connectivity index (χ3n) is 7.17. The van der Waals surface area contributed by atoms with Gasteiger partial charge in [-0.3, -0.25) is 4.79 Å². The van der Waals surface area contributed by atoms with E-state index in [1.54, 1.807) is 6.08 Å². The summed E-state index contributed by atoms with van der Waals surface area (Å²) in [5.41, 5.74) is 2.15. The van der Waals surface area contributed by atoms with Gasteiger partial charge in [0.05, 0.1) is 7.11 Å². The minimum absolute atomic E-state index is 0.352. The summed E-state index contributed by atoms with van der Waals surface area (Å²) >= 11 is 0. The molecule has 0 aliphatic heterocycles. The number of carbonyl (C=O) groups excluding carboxylic acids is 2. The lowest BCUT2D eigenvalue weighted by molar-refractivity contribution is -0.134. The van der Waals surface area contributed by atoms with Gasteiger partial charge >= 0.3 is 5.97 Å². The molecule has 0 aromatic heterocycles. The average Bonchev–Trinajstić information content (AvgIpc) is 2.67. The zero-order valence-corrected chi connectivity index (χ0v) is 16.2. The van der Waals surface area contributed by atoms with Crippen molar-refractivity contribution < 1.29 is 14.3 Å². The second-order valence-corrected chi connectivity index (χ2v) is 8.94. The van der Waals surface area contributed by atoms with E-state index in [0.717, 1.165) is 42.1 Å². The van der Waals surface area contributed by atoms with E-state index in [0.29, 0.717) is 18.1 Å². The molecule has 0 saturated heterocycles. The standard InChI is InChI=1S/C24H30O3/c1-27-24(26)9-7-17-4-2-16(3-5-17)6-8-22(25)15-23-20-11-18-10-19(13-20)14-21(23)12-18/h2-5,7,9,18-21,23H,6,8,10-15H2,1H3/b9-7+. The highest BCUT2D eigenvalue weighted by atomic mass is 16.5. The van der Waals surface area contributed by atoms with Gasteiger partial charge in [0.15, 0.2) is 0 Å². The van der Waals surface area contributed by atoms with Crippen molar-refractivity contribution in [1.29, 1.82) is 0 Å². The number of ketones is 1. The van der Waals surface area contributed by atoms with Crippen molar-refractivity contribution in [2.45, 2.75) is 51.4 Å². The van der Waals surface area contributed by atoms with E-state index in [4.69, 9.17) is 0 Å². The van der Waals surface area contributed by atoms with Crippen LogP contribution in [0.4, 0.5) is 0 Å². The van der Waals surface area contributed by atoms with E-state index >= 15 is 0 Å². The van der Waals surface area contributed by atoms with Gasteiger partial charge < -0.3 is 4.74 Å². The summed E-state index contributed by atoms with van der Waals surface area (Å²) in [6.07, 6.45) is 12.5. The van der Waals surface area contributed by atoms with Gasteiger partial charge in [0.25, 0.3) is 0 Å². The molecular formula is C24H30O3. The van der Waals surface area contributed by atoms with Gasteiger partial charge in [0, 0.05) is 18.9 Å². The van der Waals surface area contributed by atoms with Crippen LogP contribution < -0.4 is 0 Å². The Labute approximate surface area is 162 Å². The predicted molar refractivity (Wildman–Crippen MR) is 106 cm³/mol. The zero-order valence-electron chi connectivity index (χ0n) is 16.2. The van der Waals surface area contributed by atoms with Crippen molar-refractivity contribution in [3.63, 3.8) is 0 Å². The number of hydrogen-bond acceptors (Lipinski definition) is 3. The van der Waals surface area contributed by atoms with Crippen LogP contribution in [0.5, 0.6) is 0 Å². The summed E-state index contributed by atoms with van der Waals surface area (Å²) in [6.45, 7) is 0. The Hall–Kier alpha value is -1.90. The molecule has 0 N–H and O–H groups in total. The first kappa shape index (κ1) is 18.5. The fraction of sp³-hybridized carbons (Fsp3) is 0.583. The van der Waals surface area contributed by atoms with Gasteiger partial charge in [-0.1, -0.05) is 24.3 Å². The second-order valence-electron chi connectivity index (χ2n) is 8.94. The molecular weight excluding hydrogens is 336 g/mol. The summed E-state index contributed by atoms with van der Waals surface area (Å²) in [7, 11) is 1.37. The Balaban J connectivity index is 1.26. The molecule has 0 amide bonds. The summed E-state index contributed by atoms with van der Waals surface area (Å²) in [6, 6.07) is 8.06. The number of hydrogen-bond donors (Lipinski definition) is 0. The van der Waals surface area contributed by atoms with Crippen LogP contribution in [0, 0.1) is 29.6 Å². The minimum atomic E-state index is -0.352. The third kappa shape index (κ3) is 4.34. The zero-order chi connectivity index (χ0) is 18.8. The SMILES string of the molecule is COC(=O)/C=C/c1ccc(CCC(=O)CC2C3CC4CC(C3)CC2C4)cc1. The smallest absolute Gasteiger partial charge is 0.330 e. The topological polar surface area (TPSA) is 43.4 Å². The molecule has 4 aliphatic carbocycles. The number of esters is 1. The molecule has 4 aliphatic rings. The number of rotatable bonds is 7. The molecule has 0 spiro atoms. The van der Waals surface area contributed by atoms with Crippen LogP contribution in [0.1, 0.15) is 56.1 Å². The van der Waals surface area contributed by atoms with E-state index in [-0.39, 0.29) is 5.97 Å². The van der Waals surface area contributed by atoms with Crippen molar-refractivity contribution in [3.8, 4) is 0 Å². The molecule has 3 heteroatoms.